The summed E-state index contributed by atoms with van der Waals surface area (Å²) >= 11 is 3.42. The van der Waals surface area contributed by atoms with Gasteiger partial charge in [0.05, 0.1) is 17.7 Å². The molecule has 1 heterocycles. The van der Waals surface area contributed by atoms with Gasteiger partial charge in [0.25, 0.3) is 5.91 Å². The lowest BCUT2D eigenvalue weighted by Crippen LogP contribution is -2.22. The Balaban J connectivity index is 2.38. The molecule has 1 aromatic carbocycles. The molecule has 1 aliphatic rings. The number of halogens is 1. The second-order valence-electron chi connectivity index (χ2n) is 4.67. The first-order valence-electron chi connectivity index (χ1n) is 6.29. The van der Waals surface area contributed by atoms with Crippen molar-refractivity contribution >= 4 is 33.9 Å². The number of imide groups is 1. The Labute approximate surface area is 130 Å². The third kappa shape index (κ3) is 3.55. The number of benzene rings is 1. The van der Waals surface area contributed by atoms with Crippen molar-refractivity contribution in [2.24, 2.45) is 0 Å². The summed E-state index contributed by atoms with van der Waals surface area (Å²) in [6.45, 7) is 3.83. The Hall–Kier alpha value is -2.02. The van der Waals surface area contributed by atoms with Gasteiger partial charge < -0.3 is 14.8 Å². The molecule has 1 fully saturated rings. The fraction of sp³-hybridized carbons (Fsp3) is 0.286. The maximum absolute atomic E-state index is 11.5. The molecule has 0 aromatic heterocycles. The van der Waals surface area contributed by atoms with Crippen molar-refractivity contribution in [1.82, 2.24) is 10.6 Å². The average Bonchev–Trinajstić information content (AvgIpc) is 2.70. The van der Waals surface area contributed by atoms with Gasteiger partial charge in [-0.3, -0.25) is 10.1 Å². The summed E-state index contributed by atoms with van der Waals surface area (Å²) in [4.78, 5) is 22.6. The number of ether oxygens (including phenoxy) is 2. The number of methoxy groups -OCH3 is 1. The number of carbonyl (C=O) groups excluding carboxylic acids is 2. The Kier molecular flexibility index (Phi) is 4.52. The molecular weight excluding hydrogens is 340 g/mol. The highest BCUT2D eigenvalue weighted by molar-refractivity contribution is 9.10. The maximum atomic E-state index is 11.5. The minimum absolute atomic E-state index is 0.000646. The molecule has 1 saturated heterocycles. The Morgan fingerprint density at radius 3 is 2.48 bits per heavy atom. The molecule has 0 aliphatic carbocycles. The molecule has 1 aromatic rings. The number of carbonyl (C=O) groups is 2. The number of hydrogen-bond acceptors (Lipinski definition) is 4. The van der Waals surface area contributed by atoms with E-state index in [2.05, 4.69) is 26.6 Å². The quantitative estimate of drug-likeness (QED) is 0.643. The van der Waals surface area contributed by atoms with Crippen LogP contribution in [-0.4, -0.2) is 25.2 Å². The minimum Gasteiger partial charge on any atom is -0.493 e. The topological polar surface area (TPSA) is 76.7 Å². The predicted octanol–water partition coefficient (Wildman–Crippen LogP) is 2.43. The molecule has 7 heteroatoms. The molecule has 0 unspecified atom stereocenters. The molecule has 0 spiro atoms. The van der Waals surface area contributed by atoms with E-state index >= 15 is 0 Å². The Bertz CT molecular complexity index is 626. The summed E-state index contributed by atoms with van der Waals surface area (Å²) < 4.78 is 11.7. The van der Waals surface area contributed by atoms with E-state index in [1.165, 1.54) is 7.11 Å². The van der Waals surface area contributed by atoms with Crippen LogP contribution in [0.3, 0.4) is 0 Å². The molecule has 3 amide bonds. The van der Waals surface area contributed by atoms with Crippen molar-refractivity contribution in [2.75, 3.05) is 7.11 Å². The number of amides is 3. The van der Waals surface area contributed by atoms with E-state index in [9.17, 15) is 9.59 Å². The lowest BCUT2D eigenvalue weighted by atomic mass is 10.1. The van der Waals surface area contributed by atoms with Crippen LogP contribution in [0, 0.1) is 0 Å². The van der Waals surface area contributed by atoms with E-state index in [4.69, 9.17) is 9.47 Å². The molecule has 0 saturated carbocycles. The average molecular weight is 355 g/mol. The second-order valence-corrected chi connectivity index (χ2v) is 5.52. The van der Waals surface area contributed by atoms with Crippen LogP contribution in [0.15, 0.2) is 22.3 Å². The molecule has 0 atom stereocenters. The Morgan fingerprint density at radius 1 is 1.24 bits per heavy atom. The van der Waals surface area contributed by atoms with Crippen LogP contribution < -0.4 is 20.1 Å². The molecule has 2 N–H and O–H groups in total. The standard InChI is InChI=1S/C14H15BrN2O4/c1-7(2)21-12-9(15)4-8(6-11(12)20-3)5-10-13(18)17-14(19)16-10/h4-7H,1-3H3,(H2,16,17,18,19). The van der Waals surface area contributed by atoms with Gasteiger partial charge in [0.1, 0.15) is 5.70 Å². The van der Waals surface area contributed by atoms with E-state index in [0.717, 1.165) is 0 Å². The van der Waals surface area contributed by atoms with Crippen molar-refractivity contribution in [3.63, 3.8) is 0 Å². The molecule has 2 rings (SSSR count). The highest BCUT2D eigenvalue weighted by atomic mass is 79.9. The summed E-state index contributed by atoms with van der Waals surface area (Å²) in [5, 5.41) is 4.57. The molecule has 21 heavy (non-hydrogen) atoms. The van der Waals surface area contributed by atoms with Crippen molar-refractivity contribution in [3.8, 4) is 11.5 Å². The van der Waals surface area contributed by atoms with Gasteiger partial charge in [-0.2, -0.15) is 0 Å². The lowest BCUT2D eigenvalue weighted by molar-refractivity contribution is -0.115. The normalized spacial score (nSPS) is 16.1. The first-order chi connectivity index (χ1) is 9.90. The molecule has 0 radical (unpaired) electrons. The van der Waals surface area contributed by atoms with Crippen molar-refractivity contribution < 1.29 is 19.1 Å². The van der Waals surface area contributed by atoms with Crippen LogP contribution in [0.2, 0.25) is 0 Å². The third-order valence-corrected chi connectivity index (χ3v) is 3.23. The molecule has 6 nitrogen and oxygen atoms in total. The molecular formula is C14H15BrN2O4. The van der Waals surface area contributed by atoms with Crippen LogP contribution in [-0.2, 0) is 4.79 Å². The minimum atomic E-state index is -0.531. The van der Waals surface area contributed by atoms with Crippen LogP contribution in [0.5, 0.6) is 11.5 Å². The largest absolute Gasteiger partial charge is 0.493 e. The first-order valence-corrected chi connectivity index (χ1v) is 7.08. The van der Waals surface area contributed by atoms with E-state index in [0.29, 0.717) is 21.5 Å². The van der Waals surface area contributed by atoms with E-state index in [1.54, 1.807) is 18.2 Å². The fourth-order valence-electron chi connectivity index (χ4n) is 1.82. The second kappa shape index (κ2) is 6.17. The summed E-state index contributed by atoms with van der Waals surface area (Å²) in [6.07, 6.45) is 1.56. The van der Waals surface area contributed by atoms with Gasteiger partial charge in [-0.15, -0.1) is 0 Å². The van der Waals surface area contributed by atoms with Crippen LogP contribution in [0.25, 0.3) is 6.08 Å². The first kappa shape index (κ1) is 15.4. The van der Waals surface area contributed by atoms with Gasteiger partial charge in [0.2, 0.25) is 0 Å². The van der Waals surface area contributed by atoms with Gasteiger partial charge in [-0.25, -0.2) is 4.79 Å². The van der Waals surface area contributed by atoms with Gasteiger partial charge in [-0.05, 0) is 53.5 Å². The molecule has 112 valence electrons. The van der Waals surface area contributed by atoms with Gasteiger partial charge in [0.15, 0.2) is 11.5 Å². The van der Waals surface area contributed by atoms with E-state index in [1.807, 2.05) is 13.8 Å². The summed E-state index contributed by atoms with van der Waals surface area (Å²) in [6, 6.07) is 2.98. The van der Waals surface area contributed by atoms with Crippen molar-refractivity contribution in [2.45, 2.75) is 20.0 Å². The van der Waals surface area contributed by atoms with Crippen LogP contribution in [0.1, 0.15) is 19.4 Å². The van der Waals surface area contributed by atoms with Crippen molar-refractivity contribution in [1.29, 1.82) is 0 Å². The van der Waals surface area contributed by atoms with Gasteiger partial charge >= 0.3 is 6.03 Å². The van der Waals surface area contributed by atoms with Crippen LogP contribution in [0.4, 0.5) is 4.79 Å². The predicted molar refractivity (Wildman–Crippen MR) is 81.1 cm³/mol. The van der Waals surface area contributed by atoms with Gasteiger partial charge in [-0.1, -0.05) is 0 Å². The SMILES string of the molecule is COc1cc(C=C2NC(=O)NC2=O)cc(Br)c1OC(C)C. The lowest BCUT2D eigenvalue weighted by Gasteiger charge is -2.16. The monoisotopic (exact) mass is 354 g/mol. The Morgan fingerprint density at radius 2 is 1.95 bits per heavy atom. The summed E-state index contributed by atoms with van der Waals surface area (Å²) in [5.41, 5.74) is 0.883. The zero-order valence-corrected chi connectivity index (χ0v) is 13.4. The molecule has 0 bridgehead atoms. The van der Waals surface area contributed by atoms with Crippen LogP contribution >= 0.6 is 15.9 Å². The zero-order valence-electron chi connectivity index (χ0n) is 11.8. The summed E-state index contributed by atoms with van der Waals surface area (Å²) in [7, 11) is 1.54. The third-order valence-electron chi connectivity index (χ3n) is 2.64. The van der Waals surface area contributed by atoms with Gasteiger partial charge in [0, 0.05) is 0 Å². The van der Waals surface area contributed by atoms with Crippen molar-refractivity contribution in [3.05, 3.63) is 27.9 Å². The highest BCUT2D eigenvalue weighted by Gasteiger charge is 2.23. The number of urea groups is 1. The maximum Gasteiger partial charge on any atom is 0.326 e. The number of rotatable bonds is 4. The summed E-state index contributed by atoms with van der Waals surface area (Å²) in [5.74, 6) is 0.668. The number of hydrogen-bond donors (Lipinski definition) is 2. The fourth-order valence-corrected chi connectivity index (χ4v) is 2.38. The smallest absolute Gasteiger partial charge is 0.326 e. The highest BCUT2D eigenvalue weighted by Crippen LogP contribution is 2.37. The molecule has 1 aliphatic heterocycles. The zero-order chi connectivity index (χ0) is 15.6. The van der Waals surface area contributed by atoms with E-state index < -0.39 is 11.9 Å². The number of nitrogens with one attached hydrogen (secondary N) is 2. The van der Waals surface area contributed by atoms with E-state index in [-0.39, 0.29) is 11.8 Å².